The van der Waals surface area contributed by atoms with Crippen molar-refractivity contribution in [2.45, 2.75) is 45.0 Å². The third-order valence-electron chi connectivity index (χ3n) is 5.93. The van der Waals surface area contributed by atoms with Crippen molar-refractivity contribution >= 4 is 16.9 Å². The van der Waals surface area contributed by atoms with E-state index in [4.69, 9.17) is 8.83 Å². The molecule has 4 aromatic rings. The second-order valence-electron chi connectivity index (χ2n) is 8.76. The lowest BCUT2D eigenvalue weighted by atomic mass is 9.97. The first-order valence-corrected chi connectivity index (χ1v) is 10.6. The van der Waals surface area contributed by atoms with Crippen molar-refractivity contribution in [2.24, 2.45) is 0 Å². The van der Waals surface area contributed by atoms with Crippen LogP contribution < -0.4 is 0 Å². The van der Waals surface area contributed by atoms with Crippen LogP contribution >= 0.6 is 0 Å². The van der Waals surface area contributed by atoms with Gasteiger partial charge >= 0.3 is 6.18 Å². The molecule has 1 aliphatic heterocycles. The second-order valence-corrected chi connectivity index (χ2v) is 8.76. The first kappa shape index (κ1) is 22.2. The highest BCUT2D eigenvalue weighted by Crippen LogP contribution is 2.41. The van der Waals surface area contributed by atoms with Gasteiger partial charge in [-0.3, -0.25) is 4.79 Å². The van der Waals surface area contributed by atoms with Crippen LogP contribution in [0.25, 0.3) is 11.0 Å². The fourth-order valence-electron chi connectivity index (χ4n) is 4.26. The molecule has 0 unspecified atom stereocenters. The molecule has 1 aliphatic rings. The van der Waals surface area contributed by atoms with Crippen molar-refractivity contribution in [2.75, 3.05) is 6.54 Å². The maximum absolute atomic E-state index is 13.8. The summed E-state index contributed by atoms with van der Waals surface area (Å²) in [5.74, 6) is -2.20. The molecule has 1 aromatic carbocycles. The highest BCUT2D eigenvalue weighted by atomic mass is 19.4. The number of alkyl halides is 3. The SMILES string of the molecule is Cc1c([C@H]2c3nc[nH]c3CCN2C(=O)c2oc(C(C)(C)O)nc2C(F)(F)F)oc2ccccc12. The number of fused-ring (bicyclic) bond motifs is 2. The Morgan fingerprint density at radius 1 is 1.24 bits per heavy atom. The highest BCUT2D eigenvalue weighted by Gasteiger charge is 2.46. The largest absolute Gasteiger partial charge is 0.458 e. The van der Waals surface area contributed by atoms with Gasteiger partial charge < -0.3 is 23.8 Å². The lowest BCUT2D eigenvalue weighted by Gasteiger charge is -2.33. The number of H-pyrrole nitrogens is 1. The molecular formula is C23H21F3N4O4. The van der Waals surface area contributed by atoms with Crippen LogP contribution in [0.2, 0.25) is 0 Å². The van der Waals surface area contributed by atoms with Crippen molar-refractivity contribution in [3.8, 4) is 0 Å². The van der Waals surface area contributed by atoms with Crippen molar-refractivity contribution in [1.82, 2.24) is 19.9 Å². The van der Waals surface area contributed by atoms with Crippen LogP contribution in [-0.4, -0.2) is 37.4 Å². The molecule has 8 nitrogen and oxygen atoms in total. The van der Waals surface area contributed by atoms with Crippen LogP contribution in [0.15, 0.2) is 39.4 Å². The minimum Gasteiger partial charge on any atom is -0.458 e. The number of nitrogens with one attached hydrogen (secondary N) is 1. The van der Waals surface area contributed by atoms with Gasteiger partial charge in [-0.15, -0.1) is 0 Å². The molecule has 0 spiro atoms. The van der Waals surface area contributed by atoms with Crippen LogP contribution in [0, 0.1) is 6.92 Å². The van der Waals surface area contributed by atoms with E-state index in [0.29, 0.717) is 23.5 Å². The van der Waals surface area contributed by atoms with Gasteiger partial charge in [-0.05, 0) is 26.8 Å². The maximum atomic E-state index is 13.8. The number of aliphatic hydroxyl groups is 1. The third-order valence-corrected chi connectivity index (χ3v) is 5.93. The van der Waals surface area contributed by atoms with Gasteiger partial charge in [0.05, 0.1) is 12.0 Å². The molecular weight excluding hydrogens is 453 g/mol. The second kappa shape index (κ2) is 7.45. The van der Waals surface area contributed by atoms with Gasteiger partial charge in [0.2, 0.25) is 11.7 Å². The fraction of sp³-hybridized carbons (Fsp3) is 0.348. The number of furan rings is 1. The van der Waals surface area contributed by atoms with Crippen molar-refractivity contribution in [3.63, 3.8) is 0 Å². The predicted octanol–water partition coefficient (Wildman–Crippen LogP) is 4.49. The number of para-hydroxylation sites is 1. The van der Waals surface area contributed by atoms with Gasteiger partial charge in [-0.2, -0.15) is 13.2 Å². The number of hydrogen-bond acceptors (Lipinski definition) is 6. The summed E-state index contributed by atoms with van der Waals surface area (Å²) in [6.45, 7) is 4.37. The Labute approximate surface area is 191 Å². The molecule has 3 aromatic heterocycles. The normalized spacial score (nSPS) is 16.8. The van der Waals surface area contributed by atoms with Crippen molar-refractivity contribution in [1.29, 1.82) is 0 Å². The van der Waals surface area contributed by atoms with Gasteiger partial charge in [0.25, 0.3) is 5.91 Å². The Morgan fingerprint density at radius 3 is 2.65 bits per heavy atom. The lowest BCUT2D eigenvalue weighted by molar-refractivity contribution is -0.141. The van der Waals surface area contributed by atoms with E-state index in [2.05, 4.69) is 15.0 Å². The van der Waals surface area contributed by atoms with Crippen LogP contribution in [0.5, 0.6) is 0 Å². The molecule has 5 rings (SSSR count). The third kappa shape index (κ3) is 3.47. The van der Waals surface area contributed by atoms with Crippen molar-refractivity contribution < 1.29 is 31.9 Å². The van der Waals surface area contributed by atoms with Gasteiger partial charge in [0, 0.05) is 29.6 Å². The van der Waals surface area contributed by atoms with Crippen LogP contribution in [0.1, 0.15) is 64.7 Å². The number of aromatic nitrogens is 3. The molecule has 0 bridgehead atoms. The van der Waals surface area contributed by atoms with E-state index in [9.17, 15) is 23.1 Å². The lowest BCUT2D eigenvalue weighted by Crippen LogP contribution is -2.41. The molecule has 34 heavy (non-hydrogen) atoms. The van der Waals surface area contributed by atoms with Crippen LogP contribution in [0.4, 0.5) is 13.2 Å². The molecule has 0 saturated heterocycles. The fourth-order valence-corrected chi connectivity index (χ4v) is 4.26. The smallest absolute Gasteiger partial charge is 0.437 e. The summed E-state index contributed by atoms with van der Waals surface area (Å²) in [6.07, 6.45) is -3.13. The van der Waals surface area contributed by atoms with E-state index in [1.54, 1.807) is 12.1 Å². The van der Waals surface area contributed by atoms with Gasteiger partial charge in [-0.1, -0.05) is 18.2 Å². The molecule has 0 fully saturated rings. The van der Waals surface area contributed by atoms with E-state index in [-0.39, 0.29) is 6.54 Å². The average molecular weight is 474 g/mol. The number of nitrogens with zero attached hydrogens (tertiary/aromatic N) is 3. The van der Waals surface area contributed by atoms with E-state index in [0.717, 1.165) is 16.6 Å². The summed E-state index contributed by atoms with van der Waals surface area (Å²) in [4.78, 5) is 25.6. The van der Waals surface area contributed by atoms with Crippen LogP contribution in [0.3, 0.4) is 0 Å². The molecule has 0 radical (unpaired) electrons. The topological polar surface area (TPSA) is 108 Å². The standard InChI is InChI=1S/C23H21F3N4O4/c1-11-12-6-4-5-7-14(12)33-17(11)16-15-13(27-10-28-15)8-9-30(16)20(31)18-19(23(24,25)26)29-21(34-18)22(2,3)32/h4-7,10,16,32H,8-9H2,1-3H3,(H,27,28)/t16-/m1/s1. The first-order chi connectivity index (χ1) is 16.0. The number of amides is 1. The number of carbonyl (C=O) groups excluding carboxylic acids is 1. The van der Waals surface area contributed by atoms with E-state index in [1.807, 2.05) is 19.1 Å². The number of carbonyl (C=O) groups is 1. The summed E-state index contributed by atoms with van der Waals surface area (Å²) in [5.41, 5.74) is -0.713. The molecule has 2 N–H and O–H groups in total. The van der Waals surface area contributed by atoms with Gasteiger partial charge in [-0.25, -0.2) is 9.97 Å². The Hall–Kier alpha value is -3.60. The monoisotopic (exact) mass is 474 g/mol. The quantitative estimate of drug-likeness (QED) is 0.453. The molecule has 4 heterocycles. The molecule has 1 atom stereocenters. The number of aromatic amines is 1. The zero-order valence-corrected chi connectivity index (χ0v) is 18.5. The van der Waals surface area contributed by atoms with Crippen molar-refractivity contribution in [3.05, 3.63) is 70.6 Å². The Balaban J connectivity index is 1.67. The van der Waals surface area contributed by atoms with Crippen LogP contribution in [-0.2, 0) is 18.2 Å². The number of hydrogen-bond donors (Lipinski definition) is 2. The molecule has 178 valence electrons. The minimum absolute atomic E-state index is 0.0883. The molecule has 11 heteroatoms. The predicted molar refractivity (Wildman–Crippen MR) is 113 cm³/mol. The molecule has 0 saturated carbocycles. The number of aryl methyl sites for hydroxylation is 1. The summed E-state index contributed by atoms with van der Waals surface area (Å²) >= 11 is 0. The first-order valence-electron chi connectivity index (χ1n) is 10.6. The number of halogens is 3. The molecule has 0 aliphatic carbocycles. The number of benzene rings is 1. The van der Waals surface area contributed by atoms with E-state index in [1.165, 1.54) is 25.1 Å². The summed E-state index contributed by atoms with van der Waals surface area (Å²) in [6, 6.07) is 6.42. The molecule has 1 amide bonds. The summed E-state index contributed by atoms with van der Waals surface area (Å²) < 4.78 is 52.7. The van der Waals surface area contributed by atoms with E-state index >= 15 is 0 Å². The highest BCUT2D eigenvalue weighted by molar-refractivity contribution is 5.94. The minimum atomic E-state index is -4.96. The average Bonchev–Trinajstić information content (AvgIpc) is 3.49. The van der Waals surface area contributed by atoms with E-state index < -0.39 is 41.1 Å². The zero-order valence-electron chi connectivity index (χ0n) is 18.5. The van der Waals surface area contributed by atoms with Gasteiger partial charge in [0.1, 0.15) is 23.0 Å². The zero-order chi connectivity index (χ0) is 24.4. The maximum Gasteiger partial charge on any atom is 0.437 e. The number of rotatable bonds is 3. The Bertz CT molecular complexity index is 1390. The van der Waals surface area contributed by atoms with Gasteiger partial charge in [0.15, 0.2) is 5.69 Å². The Morgan fingerprint density at radius 2 is 1.97 bits per heavy atom. The Kier molecular flexibility index (Phi) is 4.87. The summed E-state index contributed by atoms with van der Waals surface area (Å²) in [7, 11) is 0. The number of oxazole rings is 1. The number of imidazole rings is 1. The summed E-state index contributed by atoms with van der Waals surface area (Å²) in [5, 5.41) is 11.0.